The van der Waals surface area contributed by atoms with Gasteiger partial charge in [0.05, 0.1) is 16.5 Å². The van der Waals surface area contributed by atoms with E-state index in [4.69, 9.17) is 10.00 Å². The quantitative estimate of drug-likeness (QED) is 0.823. The molecule has 1 heterocycles. The van der Waals surface area contributed by atoms with Gasteiger partial charge in [-0.25, -0.2) is 8.42 Å². The Morgan fingerprint density at radius 2 is 1.89 bits per heavy atom. The minimum absolute atomic E-state index is 0.157. The highest BCUT2D eigenvalue weighted by atomic mass is 32.2. The second-order valence-corrected chi connectivity index (χ2v) is 8.05. The first-order chi connectivity index (χ1) is 13.0. The van der Waals surface area contributed by atoms with E-state index in [1.807, 2.05) is 6.07 Å². The average Bonchev–Trinajstić information content (AvgIpc) is 3.22. The highest BCUT2D eigenvalue weighted by Crippen LogP contribution is 2.23. The molecule has 0 atom stereocenters. The summed E-state index contributed by atoms with van der Waals surface area (Å²) in [6.45, 7) is 0.793. The largest absolute Gasteiger partial charge is 0.484 e. The van der Waals surface area contributed by atoms with Gasteiger partial charge in [0.25, 0.3) is 5.91 Å². The molecule has 1 amide bonds. The number of rotatable bonds is 6. The number of ether oxygens (including phenoxy) is 1. The molecule has 8 heteroatoms. The summed E-state index contributed by atoms with van der Waals surface area (Å²) in [5.41, 5.74) is 0.822. The Hall–Kier alpha value is -2.89. The number of anilines is 1. The van der Waals surface area contributed by atoms with Crippen molar-refractivity contribution in [3.63, 3.8) is 0 Å². The lowest BCUT2D eigenvalue weighted by molar-refractivity contribution is -0.118. The second kappa shape index (κ2) is 8.20. The van der Waals surface area contributed by atoms with Gasteiger partial charge >= 0.3 is 0 Å². The Labute approximate surface area is 158 Å². The number of nitrogens with one attached hydrogen (secondary N) is 1. The number of benzene rings is 2. The van der Waals surface area contributed by atoms with Gasteiger partial charge in [0.2, 0.25) is 10.0 Å². The fourth-order valence-corrected chi connectivity index (χ4v) is 4.38. The molecule has 3 rings (SSSR count). The third-order valence-corrected chi connectivity index (χ3v) is 6.05. The Balaban J connectivity index is 1.63. The number of hydrogen-bond acceptors (Lipinski definition) is 5. The van der Waals surface area contributed by atoms with Crippen molar-refractivity contribution >= 4 is 21.6 Å². The third kappa shape index (κ3) is 4.64. The second-order valence-electron chi connectivity index (χ2n) is 6.12. The maximum Gasteiger partial charge on any atom is 0.262 e. The van der Waals surface area contributed by atoms with E-state index in [0.29, 0.717) is 30.1 Å². The van der Waals surface area contributed by atoms with Crippen LogP contribution in [0, 0.1) is 11.3 Å². The van der Waals surface area contributed by atoms with Crippen LogP contribution in [0.3, 0.4) is 0 Å². The lowest BCUT2D eigenvalue weighted by atomic mass is 10.2. The van der Waals surface area contributed by atoms with Gasteiger partial charge in [-0.15, -0.1) is 0 Å². The number of hydrogen-bond donors (Lipinski definition) is 1. The molecule has 7 nitrogen and oxygen atoms in total. The highest BCUT2D eigenvalue weighted by molar-refractivity contribution is 7.89. The van der Waals surface area contributed by atoms with Crippen molar-refractivity contribution < 1.29 is 17.9 Å². The molecule has 140 valence electrons. The van der Waals surface area contributed by atoms with Gasteiger partial charge in [0.1, 0.15) is 5.75 Å². The first kappa shape index (κ1) is 18.9. The lowest BCUT2D eigenvalue weighted by Crippen LogP contribution is -2.28. The van der Waals surface area contributed by atoms with Crippen LogP contribution in [0.15, 0.2) is 53.4 Å². The first-order valence-electron chi connectivity index (χ1n) is 8.52. The molecule has 0 spiro atoms. The van der Waals surface area contributed by atoms with Crippen LogP contribution in [0.1, 0.15) is 18.4 Å². The summed E-state index contributed by atoms with van der Waals surface area (Å²) < 4.78 is 32.0. The van der Waals surface area contributed by atoms with Gasteiger partial charge < -0.3 is 10.1 Å². The molecule has 0 aromatic heterocycles. The summed E-state index contributed by atoms with van der Waals surface area (Å²) in [5.74, 6) is -0.0114. The Kier molecular flexibility index (Phi) is 5.74. The fourth-order valence-electron chi connectivity index (χ4n) is 2.81. The number of carbonyl (C=O) groups excluding carboxylic acids is 1. The normalized spacial score (nSPS) is 14.5. The molecular weight excluding hydrogens is 366 g/mol. The molecule has 0 bridgehead atoms. The third-order valence-electron chi connectivity index (χ3n) is 4.15. The van der Waals surface area contributed by atoms with Crippen molar-refractivity contribution in [2.75, 3.05) is 25.0 Å². The minimum atomic E-state index is -3.54. The predicted octanol–water partition coefficient (Wildman–Crippen LogP) is 2.36. The summed E-state index contributed by atoms with van der Waals surface area (Å²) in [7, 11) is -3.54. The van der Waals surface area contributed by atoms with Crippen molar-refractivity contribution in [1.29, 1.82) is 5.26 Å². The SMILES string of the molecule is N#Cc1cccc(OCC(=O)Nc2cccc(S(=O)(=O)N3CCCC3)c2)c1. The topological polar surface area (TPSA) is 99.5 Å². The molecule has 1 saturated heterocycles. The van der Waals surface area contributed by atoms with Crippen molar-refractivity contribution in [3.8, 4) is 11.8 Å². The summed E-state index contributed by atoms with van der Waals surface area (Å²) in [5, 5.41) is 11.5. The molecule has 0 aliphatic carbocycles. The van der Waals surface area contributed by atoms with Crippen LogP contribution in [0.4, 0.5) is 5.69 Å². The first-order valence-corrected chi connectivity index (χ1v) is 9.96. The van der Waals surface area contributed by atoms with E-state index in [1.54, 1.807) is 30.3 Å². The Morgan fingerprint density at radius 3 is 2.63 bits per heavy atom. The number of sulfonamides is 1. The zero-order valence-corrected chi connectivity index (χ0v) is 15.4. The van der Waals surface area contributed by atoms with Crippen LogP contribution in [-0.2, 0) is 14.8 Å². The molecule has 1 fully saturated rings. The van der Waals surface area contributed by atoms with E-state index in [-0.39, 0.29) is 11.5 Å². The van der Waals surface area contributed by atoms with Crippen molar-refractivity contribution in [3.05, 3.63) is 54.1 Å². The molecule has 0 unspecified atom stereocenters. The molecule has 1 aliphatic rings. The molecular formula is C19H19N3O4S. The maximum atomic E-state index is 12.6. The van der Waals surface area contributed by atoms with Crippen LogP contribution >= 0.6 is 0 Å². The molecule has 1 aliphatic heterocycles. The van der Waals surface area contributed by atoms with Gasteiger partial charge in [-0.05, 0) is 49.2 Å². The summed E-state index contributed by atoms with van der Waals surface area (Å²) in [4.78, 5) is 12.3. The van der Waals surface area contributed by atoms with Crippen LogP contribution in [0.5, 0.6) is 5.75 Å². The fraction of sp³-hybridized carbons (Fsp3) is 0.263. The van der Waals surface area contributed by atoms with E-state index in [1.165, 1.54) is 22.5 Å². The number of nitriles is 1. The van der Waals surface area contributed by atoms with E-state index in [2.05, 4.69) is 5.32 Å². The smallest absolute Gasteiger partial charge is 0.262 e. The van der Waals surface area contributed by atoms with Crippen molar-refractivity contribution in [2.24, 2.45) is 0 Å². The van der Waals surface area contributed by atoms with Crippen LogP contribution in [-0.4, -0.2) is 38.3 Å². The number of nitrogens with zero attached hydrogens (tertiary/aromatic N) is 2. The molecule has 0 saturated carbocycles. The minimum Gasteiger partial charge on any atom is -0.484 e. The monoisotopic (exact) mass is 385 g/mol. The van der Waals surface area contributed by atoms with Crippen LogP contribution in [0.2, 0.25) is 0 Å². The van der Waals surface area contributed by atoms with E-state index in [9.17, 15) is 13.2 Å². The van der Waals surface area contributed by atoms with E-state index >= 15 is 0 Å². The molecule has 2 aromatic carbocycles. The summed E-state index contributed by atoms with van der Waals surface area (Å²) in [6.07, 6.45) is 1.72. The number of amides is 1. The number of carbonyl (C=O) groups is 1. The lowest BCUT2D eigenvalue weighted by Gasteiger charge is -2.16. The van der Waals surface area contributed by atoms with Gasteiger partial charge in [0.15, 0.2) is 6.61 Å². The summed E-state index contributed by atoms with van der Waals surface area (Å²) >= 11 is 0. The molecule has 2 aromatic rings. The zero-order chi connectivity index (χ0) is 19.3. The van der Waals surface area contributed by atoms with E-state index in [0.717, 1.165) is 12.8 Å². The van der Waals surface area contributed by atoms with E-state index < -0.39 is 15.9 Å². The maximum absolute atomic E-state index is 12.6. The van der Waals surface area contributed by atoms with Crippen molar-refractivity contribution in [1.82, 2.24) is 4.31 Å². The summed E-state index contributed by atoms with van der Waals surface area (Å²) in [6, 6.07) is 14.7. The highest BCUT2D eigenvalue weighted by Gasteiger charge is 2.27. The molecule has 1 N–H and O–H groups in total. The Bertz CT molecular complexity index is 976. The predicted molar refractivity (Wildman–Crippen MR) is 99.7 cm³/mol. The molecule has 27 heavy (non-hydrogen) atoms. The molecule has 0 radical (unpaired) electrons. The van der Waals surface area contributed by atoms with Crippen molar-refractivity contribution in [2.45, 2.75) is 17.7 Å². The zero-order valence-electron chi connectivity index (χ0n) is 14.6. The van der Waals surface area contributed by atoms with Crippen LogP contribution in [0.25, 0.3) is 0 Å². The van der Waals surface area contributed by atoms with Crippen LogP contribution < -0.4 is 10.1 Å². The standard InChI is InChI=1S/C19H19N3O4S/c20-13-15-5-3-7-17(11-15)26-14-19(23)21-16-6-4-8-18(12-16)27(24,25)22-9-1-2-10-22/h3-8,11-12H,1-2,9-10,14H2,(H,21,23). The van der Waals surface area contributed by atoms with Gasteiger partial charge in [-0.3, -0.25) is 4.79 Å². The van der Waals surface area contributed by atoms with Gasteiger partial charge in [0, 0.05) is 18.8 Å². The average molecular weight is 385 g/mol. The van der Waals surface area contributed by atoms with Gasteiger partial charge in [-0.1, -0.05) is 12.1 Å². The van der Waals surface area contributed by atoms with Gasteiger partial charge in [-0.2, -0.15) is 9.57 Å². The Morgan fingerprint density at radius 1 is 1.15 bits per heavy atom.